The van der Waals surface area contributed by atoms with Gasteiger partial charge in [-0.15, -0.1) is 0 Å². The Kier molecular flexibility index (Phi) is 5.78. The van der Waals surface area contributed by atoms with Crippen molar-refractivity contribution in [3.05, 3.63) is 64.7 Å². The predicted molar refractivity (Wildman–Crippen MR) is 99.8 cm³/mol. The van der Waals surface area contributed by atoms with Crippen molar-refractivity contribution in [1.82, 2.24) is 10.2 Å². The largest absolute Gasteiger partial charge is 0.497 e. The summed E-state index contributed by atoms with van der Waals surface area (Å²) in [5.41, 5.74) is 1.87. The lowest BCUT2D eigenvalue weighted by molar-refractivity contribution is -0.129. The van der Waals surface area contributed by atoms with Crippen LogP contribution in [0.1, 0.15) is 17.5 Å². The fraction of sp³-hybridized carbons (Fsp3) is 0.300. The van der Waals surface area contributed by atoms with E-state index < -0.39 is 0 Å². The Labute approximate surface area is 157 Å². The Morgan fingerprint density at radius 3 is 2.65 bits per heavy atom. The molecule has 1 N–H and O–H groups in total. The number of benzene rings is 2. The fourth-order valence-electron chi connectivity index (χ4n) is 3.02. The molecule has 2 aromatic rings. The smallest absolute Gasteiger partial charge is 0.225 e. The summed E-state index contributed by atoms with van der Waals surface area (Å²) in [5, 5.41) is 3.50. The van der Waals surface area contributed by atoms with E-state index in [1.54, 1.807) is 18.1 Å². The average Bonchev–Trinajstić information content (AvgIpc) is 3.02. The maximum Gasteiger partial charge on any atom is 0.225 e. The highest BCUT2D eigenvalue weighted by atomic mass is 35.5. The summed E-state index contributed by atoms with van der Waals surface area (Å²) in [7, 11) is 1.62. The van der Waals surface area contributed by atoms with Gasteiger partial charge in [-0.1, -0.05) is 41.9 Å². The normalized spacial score (nSPS) is 16.6. The van der Waals surface area contributed by atoms with E-state index in [2.05, 4.69) is 5.32 Å². The molecule has 6 heteroatoms. The van der Waals surface area contributed by atoms with Gasteiger partial charge in [-0.05, 0) is 29.3 Å². The molecular formula is C20H21ClN2O3. The predicted octanol–water partition coefficient (Wildman–Crippen LogP) is 3.01. The molecule has 1 heterocycles. The molecule has 136 valence electrons. The van der Waals surface area contributed by atoms with Crippen LogP contribution in [0.3, 0.4) is 0 Å². The maximum absolute atomic E-state index is 12.4. The van der Waals surface area contributed by atoms with Crippen molar-refractivity contribution >= 4 is 23.4 Å². The molecule has 1 fully saturated rings. The average molecular weight is 373 g/mol. The van der Waals surface area contributed by atoms with E-state index in [1.165, 1.54) is 0 Å². The van der Waals surface area contributed by atoms with Gasteiger partial charge >= 0.3 is 0 Å². The van der Waals surface area contributed by atoms with E-state index in [0.29, 0.717) is 24.7 Å². The van der Waals surface area contributed by atoms with E-state index in [1.807, 2.05) is 42.5 Å². The van der Waals surface area contributed by atoms with Crippen molar-refractivity contribution in [1.29, 1.82) is 0 Å². The first kappa shape index (κ1) is 18.3. The van der Waals surface area contributed by atoms with Crippen LogP contribution in [0, 0.1) is 5.92 Å². The van der Waals surface area contributed by atoms with Gasteiger partial charge in [0.25, 0.3) is 0 Å². The molecule has 0 bridgehead atoms. The number of ether oxygens (including phenoxy) is 1. The molecule has 26 heavy (non-hydrogen) atoms. The van der Waals surface area contributed by atoms with Gasteiger partial charge in [0.05, 0.1) is 13.0 Å². The van der Waals surface area contributed by atoms with E-state index >= 15 is 0 Å². The lowest BCUT2D eigenvalue weighted by Gasteiger charge is -2.17. The quantitative estimate of drug-likeness (QED) is 0.848. The van der Waals surface area contributed by atoms with Crippen LogP contribution in [0.5, 0.6) is 5.75 Å². The number of nitrogens with one attached hydrogen (secondary N) is 1. The lowest BCUT2D eigenvalue weighted by Crippen LogP contribution is -2.32. The fourth-order valence-corrected chi connectivity index (χ4v) is 3.22. The van der Waals surface area contributed by atoms with Crippen LogP contribution in [-0.4, -0.2) is 30.4 Å². The zero-order valence-electron chi connectivity index (χ0n) is 14.6. The summed E-state index contributed by atoms with van der Waals surface area (Å²) in [6.07, 6.45) is 0.241. The molecule has 1 saturated heterocycles. The van der Waals surface area contributed by atoms with Crippen molar-refractivity contribution in [2.75, 3.05) is 13.7 Å². The summed E-state index contributed by atoms with van der Waals surface area (Å²) in [4.78, 5) is 26.4. The van der Waals surface area contributed by atoms with E-state index in [4.69, 9.17) is 16.3 Å². The number of hydrogen-bond acceptors (Lipinski definition) is 3. The van der Waals surface area contributed by atoms with Gasteiger partial charge in [0, 0.05) is 31.1 Å². The van der Waals surface area contributed by atoms with Gasteiger partial charge < -0.3 is 15.0 Å². The lowest BCUT2D eigenvalue weighted by atomic mass is 10.1. The molecule has 1 unspecified atom stereocenters. The first-order valence-corrected chi connectivity index (χ1v) is 8.86. The van der Waals surface area contributed by atoms with Crippen LogP contribution in [-0.2, 0) is 22.7 Å². The number of hydrogen-bond donors (Lipinski definition) is 1. The number of methoxy groups -OCH3 is 1. The second kappa shape index (κ2) is 8.23. The van der Waals surface area contributed by atoms with Crippen molar-refractivity contribution in [2.24, 2.45) is 5.92 Å². The number of nitrogens with zero attached hydrogens (tertiary/aromatic N) is 1. The Morgan fingerprint density at radius 1 is 1.23 bits per heavy atom. The number of rotatable bonds is 6. The van der Waals surface area contributed by atoms with Crippen molar-refractivity contribution < 1.29 is 14.3 Å². The standard InChI is InChI=1S/C20H21ClN2O3/c1-26-17-8-6-14(7-9-17)12-23-13-16(10-19(23)24)20(25)22-11-15-4-2-3-5-18(15)21/h2-9,16H,10-13H2,1H3,(H,22,25). The second-order valence-electron chi connectivity index (χ2n) is 6.33. The molecule has 0 radical (unpaired) electrons. The van der Waals surface area contributed by atoms with Gasteiger partial charge in [0.1, 0.15) is 5.75 Å². The molecule has 0 aromatic heterocycles. The van der Waals surface area contributed by atoms with Crippen molar-refractivity contribution in [2.45, 2.75) is 19.5 Å². The minimum atomic E-state index is -0.330. The molecule has 1 atom stereocenters. The molecule has 0 aliphatic carbocycles. The summed E-state index contributed by atoms with van der Waals surface area (Å²) >= 11 is 6.10. The first-order chi connectivity index (χ1) is 12.6. The third-order valence-corrected chi connectivity index (χ3v) is 4.90. The van der Waals surface area contributed by atoms with Crippen LogP contribution in [0.25, 0.3) is 0 Å². The topological polar surface area (TPSA) is 58.6 Å². The second-order valence-corrected chi connectivity index (χ2v) is 6.74. The van der Waals surface area contributed by atoms with Crippen LogP contribution in [0.15, 0.2) is 48.5 Å². The SMILES string of the molecule is COc1ccc(CN2CC(C(=O)NCc3ccccc3Cl)CC2=O)cc1. The highest BCUT2D eigenvalue weighted by molar-refractivity contribution is 6.31. The Bertz CT molecular complexity index is 792. The van der Waals surface area contributed by atoms with Gasteiger partial charge in [0.15, 0.2) is 0 Å². The number of amides is 2. The van der Waals surface area contributed by atoms with Crippen LogP contribution in [0.4, 0.5) is 0 Å². The third kappa shape index (κ3) is 4.35. The van der Waals surface area contributed by atoms with Crippen LogP contribution >= 0.6 is 11.6 Å². The van der Waals surface area contributed by atoms with Gasteiger partial charge in [-0.2, -0.15) is 0 Å². The van der Waals surface area contributed by atoms with Gasteiger partial charge in [-0.3, -0.25) is 9.59 Å². The highest BCUT2D eigenvalue weighted by Crippen LogP contribution is 2.22. The molecule has 0 saturated carbocycles. The Balaban J connectivity index is 1.54. The molecule has 2 aromatic carbocycles. The van der Waals surface area contributed by atoms with Crippen LogP contribution in [0.2, 0.25) is 5.02 Å². The summed E-state index contributed by atoms with van der Waals surface area (Å²) < 4.78 is 5.14. The van der Waals surface area contributed by atoms with Gasteiger partial charge in [-0.25, -0.2) is 0 Å². The molecule has 3 rings (SSSR count). The third-order valence-electron chi connectivity index (χ3n) is 4.53. The zero-order valence-corrected chi connectivity index (χ0v) is 15.3. The maximum atomic E-state index is 12.4. The minimum Gasteiger partial charge on any atom is -0.497 e. The van der Waals surface area contributed by atoms with E-state index in [-0.39, 0.29) is 24.2 Å². The van der Waals surface area contributed by atoms with E-state index in [9.17, 15) is 9.59 Å². The molecule has 1 aliphatic heterocycles. The summed E-state index contributed by atoms with van der Waals surface area (Å²) in [5.74, 6) is 0.329. The van der Waals surface area contributed by atoms with Crippen molar-refractivity contribution in [3.63, 3.8) is 0 Å². The molecule has 1 aliphatic rings. The Hall–Kier alpha value is -2.53. The number of halogens is 1. The Morgan fingerprint density at radius 2 is 1.96 bits per heavy atom. The molecule has 0 spiro atoms. The minimum absolute atomic E-state index is 0.00119. The number of carbonyl (C=O) groups excluding carboxylic acids is 2. The first-order valence-electron chi connectivity index (χ1n) is 8.48. The number of likely N-dealkylation sites (tertiary alicyclic amines) is 1. The van der Waals surface area contributed by atoms with Gasteiger partial charge in [0.2, 0.25) is 11.8 Å². The van der Waals surface area contributed by atoms with Crippen molar-refractivity contribution in [3.8, 4) is 5.75 Å². The summed E-state index contributed by atoms with van der Waals surface area (Å²) in [6.45, 7) is 1.29. The monoisotopic (exact) mass is 372 g/mol. The molecular weight excluding hydrogens is 352 g/mol. The van der Waals surface area contributed by atoms with E-state index in [0.717, 1.165) is 16.9 Å². The summed E-state index contributed by atoms with van der Waals surface area (Å²) in [6, 6.07) is 15.0. The zero-order chi connectivity index (χ0) is 18.5. The molecule has 2 amide bonds. The number of carbonyl (C=O) groups is 2. The molecule has 5 nitrogen and oxygen atoms in total. The van der Waals surface area contributed by atoms with Crippen LogP contribution < -0.4 is 10.1 Å². The highest BCUT2D eigenvalue weighted by Gasteiger charge is 2.34.